The molecule has 1 aromatic heterocycles. The number of nitrogens with one attached hydrogen (secondary N) is 1. The van der Waals surface area contributed by atoms with Crippen molar-refractivity contribution in [3.8, 4) is 11.1 Å². The smallest absolute Gasteiger partial charge is 0.226 e. The van der Waals surface area contributed by atoms with E-state index in [0.29, 0.717) is 18.7 Å². The van der Waals surface area contributed by atoms with Crippen LogP contribution in [0.3, 0.4) is 0 Å². The summed E-state index contributed by atoms with van der Waals surface area (Å²) in [6.07, 6.45) is 0.314. The number of benzene rings is 2. The zero-order valence-corrected chi connectivity index (χ0v) is 15.0. The number of nitrogens with zero attached hydrogens (tertiary/aromatic N) is 1. The Bertz CT molecular complexity index is 843. The third kappa shape index (κ3) is 4.14. The van der Waals surface area contributed by atoms with E-state index in [4.69, 9.17) is 5.14 Å². The predicted molar refractivity (Wildman–Crippen MR) is 103 cm³/mol. The minimum absolute atomic E-state index is 0.0122. The molecule has 3 rings (SSSR count). The van der Waals surface area contributed by atoms with Gasteiger partial charge in [0, 0.05) is 12.3 Å². The number of amides is 1. The van der Waals surface area contributed by atoms with Crippen molar-refractivity contribution in [2.45, 2.75) is 13.3 Å². The highest BCUT2D eigenvalue weighted by atomic mass is 32.2. The van der Waals surface area contributed by atoms with Crippen LogP contribution in [0.5, 0.6) is 0 Å². The van der Waals surface area contributed by atoms with Crippen LogP contribution in [0.15, 0.2) is 42.5 Å². The van der Waals surface area contributed by atoms with Crippen molar-refractivity contribution in [1.29, 1.82) is 0 Å². The normalized spacial score (nSPS) is 10.9. The number of aryl methyl sites for hydroxylation is 1. The zero-order chi connectivity index (χ0) is 16.9. The minimum Gasteiger partial charge on any atom is -0.355 e. The van der Waals surface area contributed by atoms with E-state index in [9.17, 15) is 4.79 Å². The highest BCUT2D eigenvalue weighted by Crippen LogP contribution is 2.28. The van der Waals surface area contributed by atoms with E-state index in [2.05, 4.69) is 53.6 Å². The van der Waals surface area contributed by atoms with Gasteiger partial charge >= 0.3 is 0 Å². The number of hydrogen-bond acceptors (Lipinski definition) is 5. The lowest BCUT2D eigenvalue weighted by atomic mass is 10.0. The van der Waals surface area contributed by atoms with Crippen molar-refractivity contribution in [3.63, 3.8) is 0 Å². The summed E-state index contributed by atoms with van der Waals surface area (Å²) in [5.74, 6) is 0.702. The first kappa shape index (κ1) is 17.0. The quantitative estimate of drug-likeness (QED) is 0.523. The van der Waals surface area contributed by atoms with Crippen molar-refractivity contribution in [3.05, 3.63) is 53.0 Å². The highest BCUT2D eigenvalue weighted by molar-refractivity contribution is 7.97. The lowest BCUT2D eigenvalue weighted by Crippen LogP contribution is -2.27. The standard InChI is InChI=1S/C18H19N3OS2/c1-12-2-4-13(5-3-12)14-6-7-15-16(10-14)24-18(21-15)11-17(22)20-8-9-23-19/h2-7,10H,8-9,11,19H2,1H3,(H,20,22). The van der Waals surface area contributed by atoms with E-state index in [1.807, 2.05) is 6.07 Å². The number of fused-ring (bicyclic) bond motifs is 1. The Hall–Kier alpha value is -1.89. The van der Waals surface area contributed by atoms with Crippen molar-refractivity contribution in [2.75, 3.05) is 12.3 Å². The second-order valence-electron chi connectivity index (χ2n) is 5.55. The first-order chi connectivity index (χ1) is 11.7. The fourth-order valence-electron chi connectivity index (χ4n) is 2.42. The average molecular weight is 358 g/mol. The molecule has 24 heavy (non-hydrogen) atoms. The molecule has 0 aliphatic rings. The van der Waals surface area contributed by atoms with E-state index in [0.717, 1.165) is 15.2 Å². The second-order valence-corrected chi connectivity index (χ2v) is 7.41. The third-order valence-electron chi connectivity index (χ3n) is 3.67. The van der Waals surface area contributed by atoms with Gasteiger partial charge in [0.2, 0.25) is 5.91 Å². The van der Waals surface area contributed by atoms with Crippen molar-refractivity contribution < 1.29 is 4.79 Å². The molecule has 6 heteroatoms. The summed E-state index contributed by atoms with van der Waals surface area (Å²) in [7, 11) is 0. The summed E-state index contributed by atoms with van der Waals surface area (Å²) in [6, 6.07) is 14.7. The van der Waals surface area contributed by atoms with Gasteiger partial charge in [0.15, 0.2) is 0 Å². The molecule has 0 fully saturated rings. The maximum absolute atomic E-state index is 11.9. The van der Waals surface area contributed by atoms with Crippen LogP contribution in [-0.2, 0) is 11.2 Å². The van der Waals surface area contributed by atoms with Crippen LogP contribution in [-0.4, -0.2) is 23.2 Å². The fourth-order valence-corrected chi connectivity index (χ4v) is 3.65. The summed E-state index contributed by atoms with van der Waals surface area (Å²) < 4.78 is 1.10. The largest absolute Gasteiger partial charge is 0.355 e. The lowest BCUT2D eigenvalue weighted by Gasteiger charge is -2.02. The number of hydrogen-bond donors (Lipinski definition) is 2. The van der Waals surface area contributed by atoms with Crippen LogP contribution in [0.25, 0.3) is 21.3 Å². The highest BCUT2D eigenvalue weighted by Gasteiger charge is 2.09. The Labute approximate surface area is 149 Å². The summed E-state index contributed by atoms with van der Waals surface area (Å²) in [6.45, 7) is 2.67. The minimum atomic E-state index is -0.0122. The Kier molecular flexibility index (Phi) is 5.50. The van der Waals surface area contributed by atoms with Gasteiger partial charge in [0.25, 0.3) is 0 Å². The van der Waals surface area contributed by atoms with Gasteiger partial charge in [-0.2, -0.15) is 0 Å². The molecule has 1 heterocycles. The van der Waals surface area contributed by atoms with Crippen LogP contribution < -0.4 is 10.5 Å². The topological polar surface area (TPSA) is 68.0 Å². The summed E-state index contributed by atoms with van der Waals surface area (Å²) >= 11 is 2.80. The molecule has 2 aromatic carbocycles. The maximum atomic E-state index is 11.9. The molecule has 0 unspecified atom stereocenters. The van der Waals surface area contributed by atoms with E-state index in [-0.39, 0.29) is 5.91 Å². The molecule has 0 saturated carbocycles. The Balaban J connectivity index is 1.76. The van der Waals surface area contributed by atoms with Crippen molar-refractivity contribution >= 4 is 39.4 Å². The molecule has 0 radical (unpaired) electrons. The van der Waals surface area contributed by atoms with E-state index >= 15 is 0 Å². The number of carbonyl (C=O) groups excluding carboxylic acids is 1. The number of carbonyl (C=O) groups is 1. The number of rotatable bonds is 6. The second kappa shape index (κ2) is 7.79. The van der Waals surface area contributed by atoms with Gasteiger partial charge in [0.05, 0.1) is 16.6 Å². The first-order valence-corrected chi connectivity index (χ1v) is 9.57. The first-order valence-electron chi connectivity index (χ1n) is 7.70. The average Bonchev–Trinajstić information content (AvgIpc) is 2.97. The van der Waals surface area contributed by atoms with Gasteiger partial charge < -0.3 is 5.32 Å². The van der Waals surface area contributed by atoms with Gasteiger partial charge in [-0.3, -0.25) is 9.93 Å². The molecular weight excluding hydrogens is 338 g/mol. The van der Waals surface area contributed by atoms with Crippen molar-refractivity contribution in [1.82, 2.24) is 10.3 Å². The molecule has 4 nitrogen and oxygen atoms in total. The predicted octanol–water partition coefficient (Wildman–Crippen LogP) is 3.54. The molecule has 0 aliphatic heterocycles. The van der Waals surface area contributed by atoms with Gasteiger partial charge in [0.1, 0.15) is 5.01 Å². The van der Waals surface area contributed by atoms with Crippen LogP contribution in [0, 0.1) is 6.92 Å². The van der Waals surface area contributed by atoms with Crippen LogP contribution in [0.4, 0.5) is 0 Å². The molecule has 0 bridgehead atoms. The van der Waals surface area contributed by atoms with Crippen LogP contribution >= 0.6 is 23.3 Å². The number of thiazole rings is 1. The summed E-state index contributed by atoms with van der Waals surface area (Å²) in [5, 5.41) is 9.03. The van der Waals surface area contributed by atoms with Crippen molar-refractivity contribution in [2.24, 2.45) is 5.14 Å². The number of nitrogens with two attached hydrogens (primary N) is 1. The third-order valence-corrected chi connectivity index (χ3v) is 5.13. The summed E-state index contributed by atoms with van der Waals surface area (Å²) in [5.41, 5.74) is 4.55. The van der Waals surface area contributed by atoms with E-state index in [1.54, 1.807) is 11.3 Å². The number of aromatic nitrogens is 1. The lowest BCUT2D eigenvalue weighted by molar-refractivity contribution is -0.120. The molecule has 124 valence electrons. The molecule has 3 aromatic rings. The molecule has 0 aliphatic carbocycles. The van der Waals surface area contributed by atoms with Gasteiger partial charge in [-0.05, 0) is 30.2 Å². The van der Waals surface area contributed by atoms with Gasteiger partial charge in [-0.25, -0.2) is 4.98 Å². The zero-order valence-electron chi connectivity index (χ0n) is 13.4. The Morgan fingerprint density at radius 3 is 2.71 bits per heavy atom. The molecular formula is C18H19N3OS2. The Morgan fingerprint density at radius 1 is 1.21 bits per heavy atom. The summed E-state index contributed by atoms with van der Waals surface area (Å²) in [4.78, 5) is 16.4. The Morgan fingerprint density at radius 2 is 1.96 bits per heavy atom. The van der Waals surface area contributed by atoms with Gasteiger partial charge in [-0.15, -0.1) is 11.3 Å². The molecule has 0 atom stereocenters. The van der Waals surface area contributed by atoms with Crippen LogP contribution in [0.2, 0.25) is 0 Å². The fraction of sp³-hybridized carbons (Fsp3) is 0.222. The molecule has 3 N–H and O–H groups in total. The molecule has 1 amide bonds. The van der Waals surface area contributed by atoms with E-state index < -0.39 is 0 Å². The van der Waals surface area contributed by atoms with Gasteiger partial charge in [-0.1, -0.05) is 47.8 Å². The molecule has 0 saturated heterocycles. The monoisotopic (exact) mass is 357 g/mol. The SMILES string of the molecule is Cc1ccc(-c2ccc3nc(CC(=O)NCCSN)sc3c2)cc1. The molecule has 0 spiro atoms. The van der Waals surface area contributed by atoms with E-state index in [1.165, 1.54) is 28.6 Å². The maximum Gasteiger partial charge on any atom is 0.226 e. The van der Waals surface area contributed by atoms with Crippen LogP contribution in [0.1, 0.15) is 10.6 Å².